The highest BCUT2D eigenvalue weighted by atomic mass is 16.4. The molecule has 5 nitrogen and oxygen atoms in total. The van der Waals surface area contributed by atoms with E-state index in [-0.39, 0.29) is 23.9 Å². The maximum absolute atomic E-state index is 12.4. The smallest absolute Gasteiger partial charge is 0.317 e. The number of likely N-dealkylation sites (tertiary alicyclic amines) is 1. The van der Waals surface area contributed by atoms with E-state index in [0.717, 1.165) is 32.2 Å². The highest BCUT2D eigenvalue weighted by Gasteiger charge is 2.40. The first-order valence-electron chi connectivity index (χ1n) is 8.09. The Kier molecular flexibility index (Phi) is 4.79. The van der Waals surface area contributed by atoms with Crippen molar-refractivity contribution in [1.29, 1.82) is 0 Å². The number of hydrogen-bond acceptors (Lipinski definition) is 2. The lowest BCUT2D eigenvalue weighted by molar-refractivity contribution is -0.141. The van der Waals surface area contributed by atoms with Gasteiger partial charge in [-0.3, -0.25) is 4.79 Å². The van der Waals surface area contributed by atoms with Crippen molar-refractivity contribution in [2.75, 3.05) is 13.1 Å². The van der Waals surface area contributed by atoms with Crippen LogP contribution >= 0.6 is 0 Å². The molecule has 2 aliphatic rings. The number of nitrogens with zero attached hydrogens (tertiary/aromatic N) is 1. The molecule has 0 bridgehead atoms. The van der Waals surface area contributed by atoms with E-state index in [1.165, 1.54) is 0 Å². The van der Waals surface area contributed by atoms with E-state index >= 15 is 0 Å². The van der Waals surface area contributed by atoms with E-state index in [4.69, 9.17) is 5.11 Å². The molecule has 120 valence electrons. The number of urea groups is 1. The topological polar surface area (TPSA) is 69.6 Å². The largest absolute Gasteiger partial charge is 0.481 e. The Labute approximate surface area is 127 Å². The van der Waals surface area contributed by atoms with Gasteiger partial charge < -0.3 is 15.3 Å². The predicted molar refractivity (Wildman–Crippen MR) is 81.0 cm³/mol. The first-order chi connectivity index (χ1) is 9.83. The summed E-state index contributed by atoms with van der Waals surface area (Å²) in [5, 5.41) is 12.0. The van der Waals surface area contributed by atoms with Gasteiger partial charge in [-0.25, -0.2) is 4.79 Å². The lowest BCUT2D eigenvalue weighted by atomic mass is 9.66. The molecule has 0 aromatic heterocycles. The van der Waals surface area contributed by atoms with Crippen LogP contribution in [0.2, 0.25) is 0 Å². The summed E-state index contributed by atoms with van der Waals surface area (Å²) in [5.41, 5.74) is -0.211. The van der Waals surface area contributed by atoms with Crippen LogP contribution in [0.1, 0.15) is 52.9 Å². The Bertz CT molecular complexity index is 406. The predicted octanol–water partition coefficient (Wildman–Crippen LogP) is 2.71. The number of piperidine rings is 1. The fraction of sp³-hybridized carbons (Fsp3) is 0.875. The molecular formula is C16H28N2O3. The zero-order chi connectivity index (χ0) is 15.6. The molecule has 2 amide bonds. The second-order valence-corrected chi connectivity index (χ2v) is 7.29. The Morgan fingerprint density at radius 3 is 2.48 bits per heavy atom. The molecule has 0 aromatic carbocycles. The van der Waals surface area contributed by atoms with Crippen molar-refractivity contribution in [2.45, 2.75) is 58.9 Å². The van der Waals surface area contributed by atoms with Crippen LogP contribution in [0.4, 0.5) is 4.79 Å². The highest BCUT2D eigenvalue weighted by Crippen LogP contribution is 2.43. The second kappa shape index (κ2) is 6.24. The molecule has 3 unspecified atom stereocenters. The molecule has 1 aliphatic carbocycles. The van der Waals surface area contributed by atoms with Gasteiger partial charge in [-0.05, 0) is 43.4 Å². The number of amides is 2. The fourth-order valence-electron chi connectivity index (χ4n) is 3.76. The van der Waals surface area contributed by atoms with Gasteiger partial charge in [0.2, 0.25) is 0 Å². The number of hydrogen-bond donors (Lipinski definition) is 2. The van der Waals surface area contributed by atoms with Gasteiger partial charge in [0.1, 0.15) is 0 Å². The van der Waals surface area contributed by atoms with Crippen LogP contribution in [0.25, 0.3) is 0 Å². The highest BCUT2D eigenvalue weighted by molar-refractivity contribution is 5.75. The van der Waals surface area contributed by atoms with Crippen LogP contribution < -0.4 is 5.32 Å². The minimum absolute atomic E-state index is 0.0300. The molecule has 1 heterocycles. The molecule has 2 rings (SSSR count). The van der Waals surface area contributed by atoms with Crippen molar-refractivity contribution >= 4 is 12.0 Å². The molecule has 0 aromatic rings. The third-order valence-corrected chi connectivity index (χ3v) is 5.41. The summed E-state index contributed by atoms with van der Waals surface area (Å²) in [6.45, 7) is 7.76. The third-order valence-electron chi connectivity index (χ3n) is 5.41. The Morgan fingerprint density at radius 1 is 1.29 bits per heavy atom. The van der Waals surface area contributed by atoms with Gasteiger partial charge in [0, 0.05) is 19.1 Å². The van der Waals surface area contributed by atoms with Crippen LogP contribution in [0.5, 0.6) is 0 Å². The Hall–Kier alpha value is -1.26. The molecule has 1 saturated heterocycles. The number of nitrogens with one attached hydrogen (secondary N) is 1. The molecule has 0 spiro atoms. The zero-order valence-electron chi connectivity index (χ0n) is 13.4. The van der Waals surface area contributed by atoms with Crippen molar-refractivity contribution in [3.8, 4) is 0 Å². The van der Waals surface area contributed by atoms with Crippen LogP contribution in [0.15, 0.2) is 0 Å². The normalized spacial score (nSPS) is 31.4. The molecule has 3 atom stereocenters. The van der Waals surface area contributed by atoms with Gasteiger partial charge in [-0.15, -0.1) is 0 Å². The maximum Gasteiger partial charge on any atom is 0.317 e. The van der Waals surface area contributed by atoms with Crippen LogP contribution in [-0.2, 0) is 4.79 Å². The molecular weight excluding hydrogens is 268 g/mol. The quantitative estimate of drug-likeness (QED) is 0.838. The molecule has 2 fully saturated rings. The number of carboxylic acids is 1. The van der Waals surface area contributed by atoms with E-state index in [1.807, 2.05) is 4.90 Å². The number of carboxylic acid groups (broad SMARTS) is 1. The van der Waals surface area contributed by atoms with E-state index in [1.54, 1.807) is 0 Å². The lowest BCUT2D eigenvalue weighted by Gasteiger charge is -2.44. The fourth-order valence-corrected chi connectivity index (χ4v) is 3.76. The van der Waals surface area contributed by atoms with Gasteiger partial charge in [0.25, 0.3) is 0 Å². The maximum atomic E-state index is 12.4. The summed E-state index contributed by atoms with van der Waals surface area (Å²) in [7, 11) is 0. The summed E-state index contributed by atoms with van der Waals surface area (Å²) < 4.78 is 0. The number of rotatable bonds is 4. The van der Waals surface area contributed by atoms with Crippen molar-refractivity contribution in [3.05, 3.63) is 0 Å². The molecule has 1 aliphatic heterocycles. The second-order valence-electron chi connectivity index (χ2n) is 7.29. The van der Waals surface area contributed by atoms with Crippen molar-refractivity contribution in [3.63, 3.8) is 0 Å². The average molecular weight is 296 g/mol. The Morgan fingerprint density at radius 2 is 1.95 bits per heavy atom. The minimum Gasteiger partial charge on any atom is -0.481 e. The van der Waals surface area contributed by atoms with Gasteiger partial charge in [-0.2, -0.15) is 0 Å². The van der Waals surface area contributed by atoms with Gasteiger partial charge in [-0.1, -0.05) is 20.3 Å². The van der Waals surface area contributed by atoms with Crippen molar-refractivity contribution in [1.82, 2.24) is 10.2 Å². The zero-order valence-corrected chi connectivity index (χ0v) is 13.4. The van der Waals surface area contributed by atoms with E-state index in [9.17, 15) is 9.59 Å². The monoisotopic (exact) mass is 296 g/mol. The molecule has 2 N–H and O–H groups in total. The van der Waals surface area contributed by atoms with E-state index in [2.05, 4.69) is 26.1 Å². The van der Waals surface area contributed by atoms with Crippen LogP contribution in [-0.4, -0.2) is 41.1 Å². The van der Waals surface area contributed by atoms with Crippen LogP contribution in [0.3, 0.4) is 0 Å². The van der Waals surface area contributed by atoms with Gasteiger partial charge in [0.05, 0.1) is 6.42 Å². The minimum atomic E-state index is -0.766. The van der Waals surface area contributed by atoms with Gasteiger partial charge >= 0.3 is 12.0 Å². The summed E-state index contributed by atoms with van der Waals surface area (Å²) >= 11 is 0. The number of aliphatic carboxylic acids is 1. The van der Waals surface area contributed by atoms with Crippen LogP contribution in [0, 0.1) is 17.3 Å². The van der Waals surface area contributed by atoms with Crippen molar-refractivity contribution in [2.24, 2.45) is 17.3 Å². The molecule has 5 heteroatoms. The standard InChI is InChI=1S/C16H28N2O3/c1-11-7-12(2)13(3)18(9-11)15(21)17-10-16(5-4-6-16)8-14(19)20/h11-13H,4-10H2,1-3H3,(H,17,21)(H,19,20). The molecule has 0 radical (unpaired) electrons. The lowest BCUT2D eigenvalue weighted by Crippen LogP contribution is -2.54. The molecule has 1 saturated carbocycles. The first kappa shape index (κ1) is 16.1. The van der Waals surface area contributed by atoms with Gasteiger partial charge in [0.15, 0.2) is 0 Å². The summed E-state index contributed by atoms with van der Waals surface area (Å²) in [6.07, 6.45) is 4.20. The first-order valence-corrected chi connectivity index (χ1v) is 8.09. The summed E-state index contributed by atoms with van der Waals surface area (Å²) in [5.74, 6) is 0.271. The number of carbonyl (C=O) groups excluding carboxylic acids is 1. The molecule has 21 heavy (non-hydrogen) atoms. The van der Waals surface area contributed by atoms with E-state index in [0.29, 0.717) is 18.4 Å². The van der Waals surface area contributed by atoms with Crippen molar-refractivity contribution < 1.29 is 14.7 Å². The average Bonchev–Trinajstić information content (AvgIpc) is 2.36. The third kappa shape index (κ3) is 3.69. The summed E-state index contributed by atoms with van der Waals surface area (Å²) in [4.78, 5) is 25.3. The SMILES string of the molecule is CC1CC(C)C(C)N(C(=O)NCC2(CC(=O)O)CCC2)C1. The summed E-state index contributed by atoms with van der Waals surface area (Å²) in [6, 6.07) is 0.218. The number of carbonyl (C=O) groups is 2. The van der Waals surface area contributed by atoms with E-state index < -0.39 is 5.97 Å². The Balaban J connectivity index is 1.90.